The average Bonchev–Trinajstić information content (AvgIpc) is 2.98. The summed E-state index contributed by atoms with van der Waals surface area (Å²) in [4.78, 5) is 22.9. The molecule has 0 radical (unpaired) electrons. The lowest BCUT2D eigenvalue weighted by molar-refractivity contribution is -0.384. The molecule has 8 heteroatoms. The van der Waals surface area contributed by atoms with Crippen molar-refractivity contribution in [3.05, 3.63) is 34.0 Å². The number of aromatic amines is 1. The van der Waals surface area contributed by atoms with E-state index in [1.54, 1.807) is 6.07 Å². The number of nitro groups is 1. The number of amides is 1. The molecule has 0 aliphatic heterocycles. The van der Waals surface area contributed by atoms with Crippen LogP contribution in [0.15, 0.2) is 18.2 Å². The number of nitro benzene ring substituents is 1. The normalized spacial score (nSPS) is 21.3. The van der Waals surface area contributed by atoms with Crippen LogP contribution in [0.5, 0.6) is 0 Å². The maximum atomic E-state index is 12.5. The molecule has 1 aromatic heterocycles. The Labute approximate surface area is 132 Å². The fourth-order valence-electron chi connectivity index (χ4n) is 3.21. The highest BCUT2D eigenvalue weighted by molar-refractivity contribution is 6.05. The van der Waals surface area contributed by atoms with Crippen molar-refractivity contribution in [1.29, 1.82) is 0 Å². The van der Waals surface area contributed by atoms with E-state index in [0.29, 0.717) is 17.4 Å². The van der Waals surface area contributed by atoms with Crippen molar-refractivity contribution in [2.45, 2.75) is 31.7 Å². The molecule has 2 unspecified atom stereocenters. The first-order valence-electron chi connectivity index (χ1n) is 7.73. The molecule has 1 aliphatic rings. The summed E-state index contributed by atoms with van der Waals surface area (Å²) in [6, 6.07) is 4.34. The monoisotopic (exact) mass is 317 g/mol. The van der Waals surface area contributed by atoms with Gasteiger partial charge in [-0.25, -0.2) is 0 Å². The molecule has 1 amide bonds. The molecule has 0 bridgehead atoms. The number of benzene rings is 1. The van der Waals surface area contributed by atoms with Gasteiger partial charge in [-0.15, -0.1) is 0 Å². The lowest BCUT2D eigenvalue weighted by Crippen LogP contribution is -2.44. The molecule has 23 heavy (non-hydrogen) atoms. The number of nitrogens with one attached hydrogen (secondary N) is 2. The van der Waals surface area contributed by atoms with E-state index in [9.17, 15) is 14.9 Å². The van der Waals surface area contributed by atoms with Gasteiger partial charge in [0.05, 0.1) is 10.4 Å². The number of carbonyl (C=O) groups is 1. The topological polar surface area (TPSA) is 127 Å². The third kappa shape index (κ3) is 3.02. The van der Waals surface area contributed by atoms with Crippen LogP contribution in [-0.4, -0.2) is 33.6 Å². The molecule has 122 valence electrons. The summed E-state index contributed by atoms with van der Waals surface area (Å²) in [5, 5.41) is 21.1. The molecule has 1 aromatic carbocycles. The maximum absolute atomic E-state index is 12.5. The molecule has 2 atom stereocenters. The largest absolute Gasteiger partial charge is 0.348 e. The summed E-state index contributed by atoms with van der Waals surface area (Å²) in [5.74, 6) is -0.0469. The predicted molar refractivity (Wildman–Crippen MR) is 85.0 cm³/mol. The van der Waals surface area contributed by atoms with E-state index < -0.39 is 4.92 Å². The van der Waals surface area contributed by atoms with Crippen LogP contribution in [0.1, 0.15) is 36.2 Å². The second-order valence-corrected chi connectivity index (χ2v) is 5.92. The minimum atomic E-state index is -0.486. The first kappa shape index (κ1) is 15.4. The Morgan fingerprint density at radius 1 is 1.43 bits per heavy atom. The van der Waals surface area contributed by atoms with E-state index in [0.717, 1.165) is 25.7 Å². The third-order valence-corrected chi connectivity index (χ3v) is 4.50. The van der Waals surface area contributed by atoms with E-state index in [-0.39, 0.29) is 29.2 Å². The zero-order valence-electron chi connectivity index (χ0n) is 12.6. The highest BCUT2D eigenvalue weighted by Gasteiger charge is 2.27. The number of non-ortho nitro benzene ring substituents is 1. The van der Waals surface area contributed by atoms with Gasteiger partial charge in [-0.1, -0.05) is 12.8 Å². The van der Waals surface area contributed by atoms with Gasteiger partial charge in [0.2, 0.25) is 0 Å². The molecule has 1 fully saturated rings. The first-order valence-corrected chi connectivity index (χ1v) is 7.73. The Balaban J connectivity index is 1.85. The average molecular weight is 317 g/mol. The first-order chi connectivity index (χ1) is 11.1. The number of fused-ring (bicyclic) bond motifs is 1. The van der Waals surface area contributed by atoms with E-state index >= 15 is 0 Å². The number of hydrogen-bond acceptors (Lipinski definition) is 5. The van der Waals surface area contributed by atoms with Crippen molar-refractivity contribution >= 4 is 22.5 Å². The van der Waals surface area contributed by atoms with Gasteiger partial charge < -0.3 is 11.1 Å². The molecular formula is C15H19N5O3. The molecular weight excluding hydrogens is 298 g/mol. The van der Waals surface area contributed by atoms with Crippen LogP contribution in [0.2, 0.25) is 0 Å². The summed E-state index contributed by atoms with van der Waals surface area (Å²) >= 11 is 0. The Hall–Kier alpha value is -2.48. The number of carbonyl (C=O) groups excluding carboxylic acids is 1. The summed E-state index contributed by atoms with van der Waals surface area (Å²) in [7, 11) is 0. The van der Waals surface area contributed by atoms with E-state index in [2.05, 4.69) is 15.5 Å². The SMILES string of the molecule is NCC1CCCCC1NC(=O)c1n[nH]c2ccc([N+](=O)[O-])cc12. The summed E-state index contributed by atoms with van der Waals surface area (Å²) < 4.78 is 0. The minimum absolute atomic E-state index is 0.0340. The van der Waals surface area contributed by atoms with Crippen molar-refractivity contribution in [1.82, 2.24) is 15.5 Å². The lowest BCUT2D eigenvalue weighted by atomic mass is 9.84. The Bertz CT molecular complexity index is 742. The van der Waals surface area contributed by atoms with Gasteiger partial charge in [0.1, 0.15) is 0 Å². The van der Waals surface area contributed by atoms with Gasteiger partial charge in [-0.3, -0.25) is 20.0 Å². The quantitative estimate of drug-likeness (QED) is 0.584. The second kappa shape index (κ2) is 6.33. The van der Waals surface area contributed by atoms with E-state index in [1.165, 1.54) is 12.1 Å². The molecule has 0 saturated heterocycles. The number of rotatable bonds is 4. The van der Waals surface area contributed by atoms with E-state index in [1.807, 2.05) is 0 Å². The molecule has 3 rings (SSSR count). The molecule has 1 aliphatic carbocycles. The zero-order valence-corrected chi connectivity index (χ0v) is 12.6. The Morgan fingerprint density at radius 2 is 2.22 bits per heavy atom. The molecule has 8 nitrogen and oxygen atoms in total. The van der Waals surface area contributed by atoms with Gasteiger partial charge in [0.25, 0.3) is 11.6 Å². The van der Waals surface area contributed by atoms with Crippen molar-refractivity contribution in [3.8, 4) is 0 Å². The highest BCUT2D eigenvalue weighted by atomic mass is 16.6. The molecule has 0 spiro atoms. The van der Waals surface area contributed by atoms with Crippen LogP contribution in [-0.2, 0) is 0 Å². The smallest absolute Gasteiger partial charge is 0.272 e. The third-order valence-electron chi connectivity index (χ3n) is 4.50. The summed E-state index contributed by atoms with van der Waals surface area (Å²) in [6.07, 6.45) is 4.10. The van der Waals surface area contributed by atoms with Crippen molar-refractivity contribution in [3.63, 3.8) is 0 Å². The van der Waals surface area contributed by atoms with Gasteiger partial charge in [-0.05, 0) is 31.4 Å². The van der Waals surface area contributed by atoms with Crippen LogP contribution in [0.3, 0.4) is 0 Å². The molecule has 2 aromatic rings. The van der Waals surface area contributed by atoms with Crippen LogP contribution >= 0.6 is 0 Å². The van der Waals surface area contributed by atoms with Crippen LogP contribution in [0, 0.1) is 16.0 Å². The van der Waals surface area contributed by atoms with Crippen LogP contribution in [0.4, 0.5) is 5.69 Å². The lowest BCUT2D eigenvalue weighted by Gasteiger charge is -2.31. The standard InChI is InChI=1S/C15H19N5O3/c16-8-9-3-1-2-4-12(9)17-15(21)14-11-7-10(20(22)23)5-6-13(11)18-19-14/h5-7,9,12H,1-4,8,16H2,(H,17,21)(H,18,19). The van der Waals surface area contributed by atoms with Crippen LogP contribution in [0.25, 0.3) is 10.9 Å². The number of aromatic nitrogens is 2. The summed E-state index contributed by atoms with van der Waals surface area (Å²) in [5.41, 5.74) is 6.50. The van der Waals surface area contributed by atoms with E-state index in [4.69, 9.17) is 5.73 Å². The van der Waals surface area contributed by atoms with Gasteiger partial charge in [0.15, 0.2) is 5.69 Å². The molecule has 1 heterocycles. The molecule has 4 N–H and O–H groups in total. The number of nitrogens with zero attached hydrogens (tertiary/aromatic N) is 2. The maximum Gasteiger partial charge on any atom is 0.272 e. The highest BCUT2D eigenvalue weighted by Crippen LogP contribution is 2.25. The second-order valence-electron chi connectivity index (χ2n) is 5.92. The fraction of sp³-hybridized carbons (Fsp3) is 0.467. The number of H-pyrrole nitrogens is 1. The van der Waals surface area contributed by atoms with Gasteiger partial charge >= 0.3 is 0 Å². The fourth-order valence-corrected chi connectivity index (χ4v) is 3.21. The minimum Gasteiger partial charge on any atom is -0.348 e. The summed E-state index contributed by atoms with van der Waals surface area (Å²) in [6.45, 7) is 0.539. The number of nitrogens with two attached hydrogens (primary N) is 1. The Morgan fingerprint density at radius 3 is 2.96 bits per heavy atom. The van der Waals surface area contributed by atoms with Crippen LogP contribution < -0.4 is 11.1 Å². The Kier molecular flexibility index (Phi) is 4.24. The number of hydrogen-bond donors (Lipinski definition) is 3. The predicted octanol–water partition coefficient (Wildman–Crippen LogP) is 1.72. The van der Waals surface area contributed by atoms with Gasteiger partial charge in [-0.2, -0.15) is 5.10 Å². The van der Waals surface area contributed by atoms with Crippen molar-refractivity contribution in [2.75, 3.05) is 6.54 Å². The van der Waals surface area contributed by atoms with Crippen molar-refractivity contribution in [2.24, 2.45) is 11.7 Å². The molecule has 1 saturated carbocycles. The zero-order chi connectivity index (χ0) is 16.4. The van der Waals surface area contributed by atoms with Crippen molar-refractivity contribution < 1.29 is 9.72 Å². The van der Waals surface area contributed by atoms with Gasteiger partial charge in [0, 0.05) is 23.6 Å².